The molecule has 0 radical (unpaired) electrons. The minimum Gasteiger partial charge on any atom is -0.349 e. The molecule has 0 fully saturated rings. The van der Waals surface area contributed by atoms with Crippen LogP contribution in [-0.2, 0) is 9.59 Å². The van der Waals surface area contributed by atoms with Crippen LogP contribution in [-0.4, -0.2) is 38.0 Å². The van der Waals surface area contributed by atoms with Gasteiger partial charge in [0.2, 0.25) is 0 Å². The number of halogens is 3. The van der Waals surface area contributed by atoms with Crippen LogP contribution < -0.4 is 15.5 Å². The van der Waals surface area contributed by atoms with Crippen LogP contribution in [0.3, 0.4) is 0 Å². The zero-order valence-corrected chi connectivity index (χ0v) is 14.0. The maximum Gasteiger partial charge on any atom is 0.279 e. The first-order chi connectivity index (χ1) is 11.2. The van der Waals surface area contributed by atoms with E-state index in [9.17, 15) is 22.8 Å². The van der Waals surface area contributed by atoms with Crippen molar-refractivity contribution in [1.82, 2.24) is 5.32 Å². The summed E-state index contributed by atoms with van der Waals surface area (Å²) in [4.78, 5) is 24.2. The molecule has 24 heavy (non-hydrogen) atoms. The first kappa shape index (κ1) is 20.0. The number of benzene rings is 1. The van der Waals surface area contributed by atoms with Crippen molar-refractivity contribution >= 4 is 17.5 Å². The summed E-state index contributed by atoms with van der Waals surface area (Å²) in [5, 5.41) is 4.99. The Hall–Kier alpha value is -2.09. The first-order valence-corrected chi connectivity index (χ1v) is 7.78. The molecule has 1 rings (SSSR count). The Kier molecular flexibility index (Phi) is 7.70. The van der Waals surface area contributed by atoms with Crippen LogP contribution in [0.4, 0.5) is 18.9 Å². The molecule has 5 nitrogen and oxygen atoms in total. The summed E-state index contributed by atoms with van der Waals surface area (Å²) < 4.78 is 39.4. The van der Waals surface area contributed by atoms with Gasteiger partial charge in [-0.25, -0.2) is 13.2 Å². The third kappa shape index (κ3) is 6.19. The molecule has 0 heterocycles. The van der Waals surface area contributed by atoms with Gasteiger partial charge in [-0.2, -0.15) is 0 Å². The van der Waals surface area contributed by atoms with Crippen LogP contribution in [0.2, 0.25) is 0 Å². The topological polar surface area (TPSA) is 62.6 Å². The predicted molar refractivity (Wildman–Crippen MR) is 84.1 cm³/mol. The molecule has 0 spiro atoms. The standard InChI is InChI=1S/C16H22F3N3O2/c1-4-5-10(2)20-13(23)8-22(3)9-14(24)21-12-7-6-11(17)15(18)16(12)19/h6-7,10H,4-5,8-9H2,1-3H3,(H,20,23)(H,21,24)/p+1/t10-/m0/s1. The number of hydrogen-bond acceptors (Lipinski definition) is 2. The molecule has 0 aromatic heterocycles. The lowest BCUT2D eigenvalue weighted by Gasteiger charge is -2.16. The van der Waals surface area contributed by atoms with E-state index in [1.807, 2.05) is 13.8 Å². The first-order valence-electron chi connectivity index (χ1n) is 7.78. The molecule has 0 saturated carbocycles. The van der Waals surface area contributed by atoms with Crippen molar-refractivity contribution in [3.05, 3.63) is 29.6 Å². The summed E-state index contributed by atoms with van der Waals surface area (Å²) in [6, 6.07) is 1.73. The van der Waals surface area contributed by atoms with Gasteiger partial charge in [-0.3, -0.25) is 9.59 Å². The Morgan fingerprint density at radius 2 is 1.75 bits per heavy atom. The lowest BCUT2D eigenvalue weighted by atomic mass is 10.2. The molecule has 134 valence electrons. The molecule has 8 heteroatoms. The molecule has 0 bridgehead atoms. The number of hydrogen-bond donors (Lipinski definition) is 3. The average molecular weight is 346 g/mol. The molecule has 1 aromatic rings. The number of likely N-dealkylation sites (N-methyl/N-ethyl adjacent to an activating group) is 1. The predicted octanol–water partition coefficient (Wildman–Crippen LogP) is 0.862. The Morgan fingerprint density at radius 1 is 1.12 bits per heavy atom. The van der Waals surface area contributed by atoms with Gasteiger partial charge in [-0.1, -0.05) is 13.3 Å². The average Bonchev–Trinajstić information content (AvgIpc) is 2.47. The lowest BCUT2D eigenvalue weighted by molar-refractivity contribution is -0.862. The monoisotopic (exact) mass is 346 g/mol. The molecule has 0 saturated heterocycles. The van der Waals surface area contributed by atoms with E-state index in [1.54, 1.807) is 7.05 Å². The van der Waals surface area contributed by atoms with Gasteiger partial charge in [0.1, 0.15) is 0 Å². The second-order valence-electron chi connectivity index (χ2n) is 5.84. The molecule has 3 N–H and O–H groups in total. The number of nitrogens with one attached hydrogen (secondary N) is 3. The molecule has 2 amide bonds. The summed E-state index contributed by atoms with van der Waals surface area (Å²) in [5.74, 6) is -5.22. The smallest absolute Gasteiger partial charge is 0.279 e. The summed E-state index contributed by atoms with van der Waals surface area (Å²) >= 11 is 0. The van der Waals surface area contributed by atoms with Crippen LogP contribution in [0.25, 0.3) is 0 Å². The minimum absolute atomic E-state index is 0.0559. The fraction of sp³-hybridized carbons (Fsp3) is 0.500. The minimum atomic E-state index is -1.64. The van der Waals surface area contributed by atoms with Crippen LogP contribution in [0.1, 0.15) is 26.7 Å². The maximum atomic E-state index is 13.5. The van der Waals surface area contributed by atoms with Gasteiger partial charge in [0, 0.05) is 6.04 Å². The van der Waals surface area contributed by atoms with Crippen molar-refractivity contribution in [3.8, 4) is 0 Å². The second-order valence-corrected chi connectivity index (χ2v) is 5.84. The number of quaternary nitrogens is 1. The number of carbonyl (C=O) groups is 2. The van der Waals surface area contributed by atoms with Crippen LogP contribution in [0.15, 0.2) is 12.1 Å². The fourth-order valence-electron chi connectivity index (χ4n) is 2.26. The Labute approximate surface area is 139 Å². The summed E-state index contributed by atoms with van der Waals surface area (Å²) in [7, 11) is 1.63. The van der Waals surface area contributed by atoms with E-state index in [0.717, 1.165) is 25.0 Å². The molecule has 2 atom stereocenters. The quantitative estimate of drug-likeness (QED) is 0.612. The third-order valence-electron chi connectivity index (χ3n) is 3.36. The maximum absolute atomic E-state index is 13.5. The van der Waals surface area contributed by atoms with Crippen molar-refractivity contribution in [2.24, 2.45) is 0 Å². The van der Waals surface area contributed by atoms with Crippen LogP contribution in [0.5, 0.6) is 0 Å². The van der Waals surface area contributed by atoms with Gasteiger partial charge in [0.25, 0.3) is 11.8 Å². The van der Waals surface area contributed by atoms with Gasteiger partial charge in [-0.05, 0) is 25.5 Å². The zero-order chi connectivity index (χ0) is 18.3. The van der Waals surface area contributed by atoms with Gasteiger partial charge >= 0.3 is 0 Å². The van der Waals surface area contributed by atoms with Gasteiger partial charge in [0.15, 0.2) is 30.5 Å². The Balaban J connectivity index is 2.50. The lowest BCUT2D eigenvalue weighted by Crippen LogP contribution is -3.11. The Morgan fingerprint density at radius 3 is 2.38 bits per heavy atom. The summed E-state index contributed by atoms with van der Waals surface area (Å²) in [5.41, 5.74) is -0.437. The number of anilines is 1. The normalized spacial score (nSPS) is 13.2. The van der Waals surface area contributed by atoms with Gasteiger partial charge in [0.05, 0.1) is 12.7 Å². The molecular weight excluding hydrogens is 323 g/mol. The highest BCUT2D eigenvalue weighted by molar-refractivity contribution is 5.91. The van der Waals surface area contributed by atoms with E-state index >= 15 is 0 Å². The van der Waals surface area contributed by atoms with E-state index in [4.69, 9.17) is 0 Å². The van der Waals surface area contributed by atoms with Crippen molar-refractivity contribution < 1.29 is 27.7 Å². The molecule has 1 unspecified atom stereocenters. The van der Waals surface area contributed by atoms with Crippen LogP contribution >= 0.6 is 0 Å². The van der Waals surface area contributed by atoms with E-state index in [2.05, 4.69) is 10.6 Å². The highest BCUT2D eigenvalue weighted by atomic mass is 19.2. The molecule has 0 aliphatic heterocycles. The van der Waals surface area contributed by atoms with Crippen molar-refractivity contribution in [2.75, 3.05) is 25.5 Å². The molecule has 1 aromatic carbocycles. The van der Waals surface area contributed by atoms with E-state index in [1.165, 1.54) is 0 Å². The largest absolute Gasteiger partial charge is 0.349 e. The van der Waals surface area contributed by atoms with Crippen LogP contribution in [0, 0.1) is 17.5 Å². The highest BCUT2D eigenvalue weighted by Crippen LogP contribution is 2.19. The fourth-order valence-corrected chi connectivity index (χ4v) is 2.26. The summed E-state index contributed by atoms with van der Waals surface area (Å²) in [6.07, 6.45) is 1.81. The second kappa shape index (κ2) is 9.27. The van der Waals surface area contributed by atoms with Gasteiger partial charge in [-0.15, -0.1) is 0 Å². The van der Waals surface area contributed by atoms with E-state index in [0.29, 0.717) is 4.90 Å². The molecule has 0 aliphatic carbocycles. The van der Waals surface area contributed by atoms with Crippen molar-refractivity contribution in [2.45, 2.75) is 32.7 Å². The SMILES string of the molecule is CCC[C@H](C)NC(=O)C[NH+](C)CC(=O)Nc1ccc(F)c(F)c1F. The van der Waals surface area contributed by atoms with E-state index < -0.39 is 29.0 Å². The van der Waals surface area contributed by atoms with Gasteiger partial charge < -0.3 is 15.5 Å². The van der Waals surface area contributed by atoms with E-state index in [-0.39, 0.29) is 25.0 Å². The highest BCUT2D eigenvalue weighted by Gasteiger charge is 2.19. The molecular formula is C16H23F3N3O2+. The van der Waals surface area contributed by atoms with Crippen molar-refractivity contribution in [1.29, 1.82) is 0 Å². The number of amides is 2. The molecule has 0 aliphatic rings. The number of rotatable bonds is 8. The summed E-state index contributed by atoms with van der Waals surface area (Å²) in [6.45, 7) is 3.87. The third-order valence-corrected chi connectivity index (χ3v) is 3.36. The zero-order valence-electron chi connectivity index (χ0n) is 14.0. The Bertz CT molecular complexity index is 596. The number of carbonyl (C=O) groups excluding carboxylic acids is 2. The van der Waals surface area contributed by atoms with Crippen molar-refractivity contribution in [3.63, 3.8) is 0 Å².